The number of esters is 1. The average molecular weight is 360 g/mol. The molecule has 8 heteroatoms. The Morgan fingerprint density at radius 3 is 2.76 bits per heavy atom. The molecule has 25 heavy (non-hydrogen) atoms. The molecule has 3 rings (SSSR count). The van der Waals surface area contributed by atoms with Crippen molar-refractivity contribution in [3.8, 4) is 5.75 Å². The lowest BCUT2D eigenvalue weighted by Crippen LogP contribution is -2.18. The molecule has 6 nitrogen and oxygen atoms in total. The lowest BCUT2D eigenvalue weighted by Gasteiger charge is -2.03. The van der Waals surface area contributed by atoms with Crippen molar-refractivity contribution in [3.63, 3.8) is 0 Å². The van der Waals surface area contributed by atoms with Gasteiger partial charge in [0.25, 0.3) is 5.56 Å². The molecule has 0 saturated carbocycles. The van der Waals surface area contributed by atoms with Crippen LogP contribution in [0.5, 0.6) is 5.75 Å². The molecule has 0 amide bonds. The molecule has 0 spiro atoms. The summed E-state index contributed by atoms with van der Waals surface area (Å²) in [6.45, 7) is 0.183. The smallest absolute Gasteiger partial charge is 0.344 e. The summed E-state index contributed by atoms with van der Waals surface area (Å²) in [7, 11) is 0. The van der Waals surface area contributed by atoms with Gasteiger partial charge in [0.2, 0.25) is 0 Å². The van der Waals surface area contributed by atoms with Crippen LogP contribution in [0.1, 0.15) is 21.1 Å². The number of carbonyl (C=O) groups is 1. The first kappa shape index (κ1) is 16.8. The van der Waals surface area contributed by atoms with E-state index in [0.29, 0.717) is 16.5 Å². The number of H-pyrrole nitrogens is 1. The number of aromatic nitrogens is 2. The summed E-state index contributed by atoms with van der Waals surface area (Å²) in [6.07, 6.45) is 1.44. The van der Waals surface area contributed by atoms with Gasteiger partial charge in [0, 0.05) is 11.6 Å². The summed E-state index contributed by atoms with van der Waals surface area (Å²) < 4.78 is 23.4. The van der Waals surface area contributed by atoms with Crippen molar-refractivity contribution in [2.24, 2.45) is 0 Å². The van der Waals surface area contributed by atoms with Gasteiger partial charge in [0.15, 0.2) is 0 Å². The number of halogens is 1. The van der Waals surface area contributed by atoms with E-state index in [1.165, 1.54) is 47.9 Å². The van der Waals surface area contributed by atoms with E-state index in [2.05, 4.69) is 9.97 Å². The molecule has 0 bridgehead atoms. The fraction of sp³-hybridized carbons (Fsp3) is 0.118. The number of rotatable bonds is 6. The van der Waals surface area contributed by atoms with E-state index >= 15 is 0 Å². The van der Waals surface area contributed by atoms with Crippen molar-refractivity contribution < 1.29 is 18.7 Å². The molecule has 0 atom stereocenters. The predicted molar refractivity (Wildman–Crippen MR) is 89.0 cm³/mol. The van der Waals surface area contributed by atoms with Crippen LogP contribution in [0.3, 0.4) is 0 Å². The first-order chi connectivity index (χ1) is 12.1. The molecule has 1 aromatic carbocycles. The lowest BCUT2D eigenvalue weighted by molar-refractivity contribution is 0.0466. The maximum absolute atomic E-state index is 12.8. The van der Waals surface area contributed by atoms with Crippen LogP contribution in [-0.4, -0.2) is 15.9 Å². The molecule has 0 radical (unpaired) electrons. The van der Waals surface area contributed by atoms with Crippen molar-refractivity contribution in [1.29, 1.82) is 0 Å². The topological polar surface area (TPSA) is 81.3 Å². The van der Waals surface area contributed by atoms with Gasteiger partial charge in [-0.25, -0.2) is 14.2 Å². The number of nitrogens with zero attached hydrogens (tertiary/aromatic N) is 1. The summed E-state index contributed by atoms with van der Waals surface area (Å²) in [6, 6.07) is 8.63. The Kier molecular flexibility index (Phi) is 5.20. The molecule has 2 heterocycles. The minimum Gasteiger partial charge on any atom is -0.486 e. The third-order valence-electron chi connectivity index (χ3n) is 3.16. The van der Waals surface area contributed by atoms with Crippen molar-refractivity contribution in [2.45, 2.75) is 13.2 Å². The van der Waals surface area contributed by atoms with Gasteiger partial charge in [0.1, 0.15) is 35.4 Å². The molecule has 0 unspecified atom stereocenters. The van der Waals surface area contributed by atoms with Crippen LogP contribution in [0, 0.1) is 5.82 Å². The van der Waals surface area contributed by atoms with Gasteiger partial charge in [-0.15, -0.1) is 11.3 Å². The highest BCUT2D eigenvalue weighted by molar-refractivity contribution is 7.09. The fourth-order valence-electron chi connectivity index (χ4n) is 1.96. The zero-order chi connectivity index (χ0) is 17.6. The van der Waals surface area contributed by atoms with Crippen molar-refractivity contribution in [1.82, 2.24) is 9.97 Å². The van der Waals surface area contributed by atoms with Gasteiger partial charge in [-0.05, 0) is 36.4 Å². The van der Waals surface area contributed by atoms with Crippen LogP contribution in [-0.2, 0) is 18.0 Å². The van der Waals surface area contributed by atoms with E-state index in [1.54, 1.807) is 11.4 Å². The number of pyridine rings is 1. The second kappa shape index (κ2) is 7.71. The summed E-state index contributed by atoms with van der Waals surface area (Å²) in [5.41, 5.74) is 0.000164. The van der Waals surface area contributed by atoms with Crippen LogP contribution in [0.4, 0.5) is 4.39 Å². The van der Waals surface area contributed by atoms with Gasteiger partial charge < -0.3 is 14.5 Å². The van der Waals surface area contributed by atoms with Gasteiger partial charge >= 0.3 is 5.97 Å². The Bertz CT molecular complexity index is 921. The molecule has 2 aromatic heterocycles. The van der Waals surface area contributed by atoms with Gasteiger partial charge in [-0.2, -0.15) is 0 Å². The van der Waals surface area contributed by atoms with Crippen LogP contribution >= 0.6 is 11.3 Å². The highest BCUT2D eigenvalue weighted by atomic mass is 32.1. The molecule has 128 valence electrons. The minimum absolute atomic E-state index is 0.0415. The zero-order valence-electron chi connectivity index (χ0n) is 12.9. The summed E-state index contributed by atoms with van der Waals surface area (Å²) in [5, 5.41) is 2.43. The van der Waals surface area contributed by atoms with E-state index in [9.17, 15) is 14.0 Å². The highest BCUT2D eigenvalue weighted by Crippen LogP contribution is 2.16. The summed E-state index contributed by atoms with van der Waals surface area (Å²) >= 11 is 1.35. The third kappa shape index (κ3) is 4.51. The molecule has 0 aliphatic rings. The minimum atomic E-state index is -0.709. The maximum Gasteiger partial charge on any atom is 0.344 e. The molecule has 0 aliphatic carbocycles. The predicted octanol–water partition coefficient (Wildman–Crippen LogP) is 2.91. The molecule has 3 aromatic rings. The molecule has 0 fully saturated rings. The van der Waals surface area contributed by atoms with E-state index in [1.807, 2.05) is 0 Å². The number of aromatic amines is 1. The van der Waals surface area contributed by atoms with E-state index in [-0.39, 0.29) is 24.6 Å². The number of benzene rings is 1. The Labute approximate surface area is 145 Å². The molecule has 0 saturated heterocycles. The van der Waals surface area contributed by atoms with E-state index in [0.717, 1.165) is 0 Å². The second-order valence-corrected chi connectivity index (χ2v) is 5.91. The Morgan fingerprint density at radius 2 is 2.00 bits per heavy atom. The highest BCUT2D eigenvalue weighted by Gasteiger charge is 2.12. The standard InChI is InChI=1S/C17H13FN2O4S/c18-11-3-5-13(6-4-11)23-9-15-20-12(10-25-15)8-24-17(22)14-2-1-7-19-16(14)21/h1-7,10H,8-9H2,(H,19,21). The van der Waals surface area contributed by atoms with Gasteiger partial charge in [-0.1, -0.05) is 0 Å². The number of thiazole rings is 1. The average Bonchev–Trinajstić information content (AvgIpc) is 3.07. The zero-order valence-corrected chi connectivity index (χ0v) is 13.7. The van der Waals surface area contributed by atoms with Gasteiger partial charge in [0.05, 0.1) is 5.69 Å². The SMILES string of the molecule is O=C(OCc1csc(COc2ccc(F)cc2)n1)c1ccc[nH]c1=O. The van der Waals surface area contributed by atoms with Crippen molar-refractivity contribution in [3.05, 3.63) is 80.4 Å². The normalized spacial score (nSPS) is 10.4. The van der Waals surface area contributed by atoms with Crippen molar-refractivity contribution >= 4 is 17.3 Å². The molecule has 0 aliphatic heterocycles. The first-order valence-electron chi connectivity index (χ1n) is 7.28. The number of hydrogen-bond acceptors (Lipinski definition) is 6. The lowest BCUT2D eigenvalue weighted by atomic mass is 10.3. The number of nitrogens with one attached hydrogen (secondary N) is 1. The fourth-order valence-corrected chi connectivity index (χ4v) is 2.65. The van der Waals surface area contributed by atoms with Crippen LogP contribution in [0.15, 0.2) is 52.8 Å². The van der Waals surface area contributed by atoms with Crippen LogP contribution in [0.25, 0.3) is 0 Å². The number of ether oxygens (including phenoxy) is 2. The number of hydrogen-bond donors (Lipinski definition) is 1. The first-order valence-corrected chi connectivity index (χ1v) is 8.16. The molecular formula is C17H13FN2O4S. The molecular weight excluding hydrogens is 347 g/mol. The van der Waals surface area contributed by atoms with Crippen molar-refractivity contribution in [2.75, 3.05) is 0 Å². The Balaban J connectivity index is 1.53. The van der Waals surface area contributed by atoms with Crippen LogP contribution < -0.4 is 10.3 Å². The second-order valence-electron chi connectivity index (χ2n) is 4.96. The summed E-state index contributed by atoms with van der Waals surface area (Å²) in [4.78, 5) is 30.1. The maximum atomic E-state index is 12.8. The Hall–Kier alpha value is -3.00. The summed E-state index contributed by atoms with van der Waals surface area (Å²) in [5.74, 6) is -0.505. The third-order valence-corrected chi connectivity index (χ3v) is 4.04. The quantitative estimate of drug-likeness (QED) is 0.684. The largest absolute Gasteiger partial charge is 0.486 e. The monoisotopic (exact) mass is 360 g/mol. The van der Waals surface area contributed by atoms with Crippen LogP contribution in [0.2, 0.25) is 0 Å². The number of carbonyl (C=O) groups excluding carboxylic acids is 1. The van der Waals surface area contributed by atoms with E-state index in [4.69, 9.17) is 9.47 Å². The Morgan fingerprint density at radius 1 is 1.20 bits per heavy atom. The molecule has 1 N–H and O–H groups in total. The van der Waals surface area contributed by atoms with Gasteiger partial charge in [-0.3, -0.25) is 4.79 Å². The van der Waals surface area contributed by atoms with E-state index < -0.39 is 11.5 Å².